The Balaban J connectivity index is 2.02. The average molecular weight is 179 g/mol. The number of hydrogen-bond donors (Lipinski definition) is 0. The van der Waals surface area contributed by atoms with Gasteiger partial charge in [-0.15, -0.1) is 0 Å². The van der Waals surface area contributed by atoms with E-state index < -0.39 is 0 Å². The first kappa shape index (κ1) is 8.96. The first-order chi connectivity index (χ1) is 6.42. The molecule has 0 radical (unpaired) electrons. The summed E-state index contributed by atoms with van der Waals surface area (Å²) in [7, 11) is 0. The van der Waals surface area contributed by atoms with Gasteiger partial charge in [0.05, 0.1) is 6.54 Å². The van der Waals surface area contributed by atoms with Crippen molar-refractivity contribution in [2.45, 2.75) is 38.5 Å². The number of nitrogens with zero attached hydrogens (tertiary/aromatic N) is 1. The van der Waals surface area contributed by atoms with E-state index in [2.05, 4.69) is 4.99 Å². The zero-order chi connectivity index (χ0) is 9.10. The molecule has 2 unspecified atom stereocenters. The lowest BCUT2D eigenvalue weighted by molar-refractivity contribution is 0.324. The summed E-state index contributed by atoms with van der Waals surface area (Å²) in [6.45, 7) is 0.749. The first-order valence-corrected chi connectivity index (χ1v) is 5.45. The summed E-state index contributed by atoms with van der Waals surface area (Å²) in [5, 5.41) is 0. The molecular weight excluding hydrogens is 162 g/mol. The van der Waals surface area contributed by atoms with E-state index in [4.69, 9.17) is 0 Å². The molecule has 2 heteroatoms. The van der Waals surface area contributed by atoms with Crippen molar-refractivity contribution in [2.75, 3.05) is 6.54 Å². The third kappa shape index (κ3) is 1.83. The maximum atomic E-state index is 10.1. The molecule has 2 rings (SSSR count). The van der Waals surface area contributed by atoms with Crippen molar-refractivity contribution in [1.29, 1.82) is 0 Å². The molecule has 2 nitrogen and oxygen atoms in total. The van der Waals surface area contributed by atoms with Crippen molar-refractivity contribution < 1.29 is 4.79 Å². The fraction of sp³-hybridized carbons (Fsp3) is 0.909. The zero-order valence-electron chi connectivity index (χ0n) is 8.04. The molecule has 0 aromatic carbocycles. The monoisotopic (exact) mass is 179 g/mol. The summed E-state index contributed by atoms with van der Waals surface area (Å²) in [6.07, 6.45) is 9.96. The minimum atomic E-state index is 0.712. The molecule has 13 heavy (non-hydrogen) atoms. The van der Waals surface area contributed by atoms with Crippen molar-refractivity contribution in [3.05, 3.63) is 0 Å². The van der Waals surface area contributed by atoms with E-state index in [1.165, 1.54) is 38.5 Å². The number of aliphatic imine (C=N–C) groups is 1. The Hall–Kier alpha value is -0.620. The van der Waals surface area contributed by atoms with Crippen LogP contribution in [0.15, 0.2) is 4.99 Å². The summed E-state index contributed by atoms with van der Waals surface area (Å²) < 4.78 is 0. The van der Waals surface area contributed by atoms with E-state index in [0.717, 1.165) is 18.4 Å². The third-order valence-corrected chi connectivity index (χ3v) is 3.89. The summed E-state index contributed by atoms with van der Waals surface area (Å²) in [4.78, 5) is 13.8. The molecule has 2 saturated carbocycles. The van der Waals surface area contributed by atoms with Crippen LogP contribution in [0.25, 0.3) is 0 Å². The van der Waals surface area contributed by atoms with Crippen LogP contribution in [-0.2, 0) is 4.79 Å². The number of carbonyl (C=O) groups excluding carboxylic acids is 1. The van der Waals surface area contributed by atoms with Gasteiger partial charge in [0, 0.05) is 0 Å². The fourth-order valence-electron chi connectivity index (χ4n) is 3.21. The Kier molecular flexibility index (Phi) is 2.80. The molecule has 0 heterocycles. The lowest BCUT2D eigenvalue weighted by Gasteiger charge is -2.18. The average Bonchev–Trinajstić information content (AvgIpc) is 2.36. The van der Waals surface area contributed by atoms with Crippen molar-refractivity contribution in [2.24, 2.45) is 22.7 Å². The molecule has 72 valence electrons. The number of isocyanates is 1. The van der Waals surface area contributed by atoms with Crippen LogP contribution in [0.3, 0.4) is 0 Å². The van der Waals surface area contributed by atoms with E-state index in [9.17, 15) is 4.79 Å². The second kappa shape index (κ2) is 4.06. The van der Waals surface area contributed by atoms with Crippen LogP contribution < -0.4 is 0 Å². The van der Waals surface area contributed by atoms with E-state index in [1.54, 1.807) is 6.08 Å². The van der Waals surface area contributed by atoms with Gasteiger partial charge in [-0.25, -0.2) is 9.79 Å². The molecule has 2 fully saturated rings. The highest BCUT2D eigenvalue weighted by Crippen LogP contribution is 2.45. The van der Waals surface area contributed by atoms with Crippen LogP contribution >= 0.6 is 0 Å². The molecule has 0 aliphatic heterocycles. The van der Waals surface area contributed by atoms with Crippen LogP contribution in [-0.4, -0.2) is 12.6 Å². The highest BCUT2D eigenvalue weighted by Gasteiger charge is 2.36. The predicted octanol–water partition coefficient (Wildman–Crippen LogP) is 2.54. The SMILES string of the molecule is O=C=NCC1C2CCCCC1CC2. The lowest BCUT2D eigenvalue weighted by atomic mass is 9.88. The van der Waals surface area contributed by atoms with Crippen molar-refractivity contribution >= 4 is 6.08 Å². The molecule has 2 bridgehead atoms. The van der Waals surface area contributed by atoms with Crippen LogP contribution in [0.1, 0.15) is 38.5 Å². The second-order valence-electron chi connectivity index (χ2n) is 4.48. The van der Waals surface area contributed by atoms with Gasteiger partial charge in [0.15, 0.2) is 0 Å². The van der Waals surface area contributed by atoms with Crippen LogP contribution in [0.5, 0.6) is 0 Å². The van der Waals surface area contributed by atoms with Gasteiger partial charge in [0.25, 0.3) is 0 Å². The molecule has 0 saturated heterocycles. The van der Waals surface area contributed by atoms with Gasteiger partial charge in [-0.2, -0.15) is 0 Å². The van der Waals surface area contributed by atoms with Gasteiger partial charge >= 0.3 is 0 Å². The van der Waals surface area contributed by atoms with Crippen molar-refractivity contribution in [1.82, 2.24) is 0 Å². The zero-order valence-corrected chi connectivity index (χ0v) is 8.04. The molecule has 0 spiro atoms. The molecule has 2 aliphatic carbocycles. The number of hydrogen-bond acceptors (Lipinski definition) is 2. The Morgan fingerprint density at radius 3 is 2.23 bits per heavy atom. The minimum absolute atomic E-state index is 0.712. The van der Waals surface area contributed by atoms with Gasteiger partial charge in [0.2, 0.25) is 6.08 Å². The summed E-state index contributed by atoms with van der Waals surface area (Å²) in [5.41, 5.74) is 0. The van der Waals surface area contributed by atoms with Gasteiger partial charge in [-0.1, -0.05) is 25.7 Å². The quantitative estimate of drug-likeness (QED) is 0.473. The topological polar surface area (TPSA) is 29.4 Å². The van der Waals surface area contributed by atoms with E-state index >= 15 is 0 Å². The van der Waals surface area contributed by atoms with Crippen LogP contribution in [0, 0.1) is 17.8 Å². The largest absolute Gasteiger partial charge is 0.234 e. The van der Waals surface area contributed by atoms with Gasteiger partial charge in [0.1, 0.15) is 0 Å². The van der Waals surface area contributed by atoms with Crippen LogP contribution in [0.4, 0.5) is 0 Å². The number of fused-ring (bicyclic) bond motifs is 2. The van der Waals surface area contributed by atoms with E-state index in [0.29, 0.717) is 5.92 Å². The molecular formula is C11H17NO. The summed E-state index contributed by atoms with van der Waals surface area (Å²) >= 11 is 0. The smallest absolute Gasteiger partial charge is 0.211 e. The third-order valence-electron chi connectivity index (χ3n) is 3.89. The predicted molar refractivity (Wildman–Crippen MR) is 51.2 cm³/mol. The molecule has 0 aromatic rings. The van der Waals surface area contributed by atoms with E-state index in [-0.39, 0.29) is 0 Å². The Labute approximate surface area is 79.4 Å². The van der Waals surface area contributed by atoms with Gasteiger partial charge in [-0.3, -0.25) is 0 Å². The Morgan fingerprint density at radius 1 is 1.08 bits per heavy atom. The normalized spacial score (nSPS) is 38.0. The van der Waals surface area contributed by atoms with Crippen molar-refractivity contribution in [3.8, 4) is 0 Å². The summed E-state index contributed by atoms with van der Waals surface area (Å²) in [5.74, 6) is 2.44. The first-order valence-electron chi connectivity index (χ1n) is 5.45. The molecule has 2 aliphatic rings. The van der Waals surface area contributed by atoms with Gasteiger partial charge < -0.3 is 0 Å². The molecule has 2 atom stereocenters. The molecule has 0 aromatic heterocycles. The van der Waals surface area contributed by atoms with Crippen molar-refractivity contribution in [3.63, 3.8) is 0 Å². The Morgan fingerprint density at radius 2 is 1.69 bits per heavy atom. The Bertz CT molecular complexity index is 206. The maximum absolute atomic E-state index is 10.1. The maximum Gasteiger partial charge on any atom is 0.234 e. The molecule has 0 N–H and O–H groups in total. The highest BCUT2D eigenvalue weighted by molar-refractivity contribution is 5.32. The summed E-state index contributed by atoms with van der Waals surface area (Å²) in [6, 6.07) is 0. The fourth-order valence-corrected chi connectivity index (χ4v) is 3.21. The second-order valence-corrected chi connectivity index (χ2v) is 4.48. The molecule has 0 amide bonds. The minimum Gasteiger partial charge on any atom is -0.211 e. The van der Waals surface area contributed by atoms with Gasteiger partial charge in [-0.05, 0) is 30.6 Å². The number of rotatable bonds is 2. The standard InChI is InChI=1S/C11H17NO/c13-8-12-7-11-9-3-1-2-4-10(11)6-5-9/h9-11H,1-7H2. The van der Waals surface area contributed by atoms with Crippen LogP contribution in [0.2, 0.25) is 0 Å². The van der Waals surface area contributed by atoms with E-state index in [1.807, 2.05) is 0 Å². The lowest BCUT2D eigenvalue weighted by Crippen LogP contribution is -2.16. The highest BCUT2D eigenvalue weighted by atomic mass is 16.1.